The molecule has 3 nitrogen and oxygen atoms in total. The number of carbonyl (C=O) groups excluding carboxylic acids is 1. The molecule has 1 aliphatic heterocycles. The summed E-state index contributed by atoms with van der Waals surface area (Å²) >= 11 is 0. The number of piperidine rings is 1. The molecule has 0 radical (unpaired) electrons. The zero-order chi connectivity index (χ0) is 16.8. The molecule has 0 N–H and O–H groups in total. The van der Waals surface area contributed by atoms with Gasteiger partial charge in [-0.05, 0) is 48.4 Å². The summed E-state index contributed by atoms with van der Waals surface area (Å²) in [5.74, 6) is 1.72. The maximum absolute atomic E-state index is 12.4. The summed E-state index contributed by atoms with van der Waals surface area (Å²) < 4.78 is 5.16. The molecule has 0 spiro atoms. The Labute approximate surface area is 144 Å². The highest BCUT2D eigenvalue weighted by atomic mass is 16.5. The van der Waals surface area contributed by atoms with Crippen molar-refractivity contribution in [1.82, 2.24) is 4.90 Å². The molecule has 1 amide bonds. The van der Waals surface area contributed by atoms with Crippen molar-refractivity contribution in [3.05, 3.63) is 65.7 Å². The molecule has 2 aromatic carbocycles. The van der Waals surface area contributed by atoms with Gasteiger partial charge in [-0.3, -0.25) is 4.79 Å². The van der Waals surface area contributed by atoms with E-state index in [1.54, 1.807) is 7.11 Å². The molecule has 3 heteroatoms. The van der Waals surface area contributed by atoms with Gasteiger partial charge in [-0.25, -0.2) is 0 Å². The van der Waals surface area contributed by atoms with Crippen molar-refractivity contribution in [2.24, 2.45) is 0 Å². The highest BCUT2D eigenvalue weighted by Gasteiger charge is 2.23. The van der Waals surface area contributed by atoms with Crippen molar-refractivity contribution in [3.8, 4) is 5.75 Å². The number of likely N-dealkylation sites (tertiary alicyclic amines) is 1. The third-order valence-electron chi connectivity index (χ3n) is 4.91. The Hall–Kier alpha value is -2.29. The van der Waals surface area contributed by atoms with Crippen LogP contribution in [0.2, 0.25) is 0 Å². The molecular formula is C21H25NO2. The first-order valence-electron chi connectivity index (χ1n) is 8.72. The number of carbonyl (C=O) groups is 1. The molecule has 1 fully saturated rings. The third-order valence-corrected chi connectivity index (χ3v) is 4.91. The molecule has 126 valence electrons. The fourth-order valence-corrected chi connectivity index (χ4v) is 3.39. The van der Waals surface area contributed by atoms with Crippen LogP contribution >= 0.6 is 0 Å². The van der Waals surface area contributed by atoms with Gasteiger partial charge in [-0.15, -0.1) is 0 Å². The molecular weight excluding hydrogens is 298 g/mol. The minimum Gasteiger partial charge on any atom is -0.497 e. The molecule has 0 atom stereocenters. The average Bonchev–Trinajstić information content (AvgIpc) is 2.67. The summed E-state index contributed by atoms with van der Waals surface area (Å²) in [6.07, 6.45) is 3.51. The summed E-state index contributed by atoms with van der Waals surface area (Å²) in [5.41, 5.74) is 2.59. The smallest absolute Gasteiger partial charge is 0.222 e. The van der Waals surface area contributed by atoms with E-state index in [1.807, 2.05) is 29.2 Å². The van der Waals surface area contributed by atoms with Gasteiger partial charge in [-0.1, -0.05) is 42.5 Å². The SMILES string of the molecule is COc1ccc(CCC(=O)N2CCC(c3ccccc3)CC2)cc1. The molecule has 0 unspecified atom stereocenters. The Morgan fingerprint density at radius 2 is 1.71 bits per heavy atom. The average molecular weight is 323 g/mol. The predicted octanol–water partition coefficient (Wildman–Crippen LogP) is 4.03. The van der Waals surface area contributed by atoms with Crippen LogP contribution in [0, 0.1) is 0 Å². The maximum Gasteiger partial charge on any atom is 0.222 e. The Kier molecular flexibility index (Phi) is 5.52. The van der Waals surface area contributed by atoms with Crippen molar-refractivity contribution >= 4 is 5.91 Å². The Morgan fingerprint density at radius 3 is 2.33 bits per heavy atom. The summed E-state index contributed by atoms with van der Waals surface area (Å²) in [7, 11) is 1.66. The van der Waals surface area contributed by atoms with Crippen LogP contribution < -0.4 is 4.74 Å². The van der Waals surface area contributed by atoms with Gasteiger partial charge in [0.05, 0.1) is 7.11 Å². The zero-order valence-electron chi connectivity index (χ0n) is 14.3. The highest BCUT2D eigenvalue weighted by molar-refractivity contribution is 5.76. The molecule has 1 heterocycles. The molecule has 1 aliphatic rings. The van der Waals surface area contributed by atoms with Crippen LogP contribution in [0.15, 0.2) is 54.6 Å². The van der Waals surface area contributed by atoms with E-state index in [-0.39, 0.29) is 5.91 Å². The Morgan fingerprint density at radius 1 is 1.04 bits per heavy atom. The van der Waals surface area contributed by atoms with E-state index < -0.39 is 0 Å². The standard InChI is InChI=1S/C21H25NO2/c1-24-20-10-7-17(8-11-20)9-12-21(23)22-15-13-19(14-16-22)18-5-3-2-4-6-18/h2-8,10-11,19H,9,12-16H2,1H3. The largest absolute Gasteiger partial charge is 0.497 e. The van der Waals surface area contributed by atoms with Crippen LogP contribution in [0.5, 0.6) is 5.75 Å². The van der Waals surface area contributed by atoms with Gasteiger partial charge in [0.1, 0.15) is 5.75 Å². The first kappa shape index (κ1) is 16.6. The molecule has 0 saturated carbocycles. The van der Waals surface area contributed by atoms with Crippen molar-refractivity contribution in [2.45, 2.75) is 31.6 Å². The lowest BCUT2D eigenvalue weighted by molar-refractivity contribution is -0.132. The predicted molar refractivity (Wildman–Crippen MR) is 96.3 cm³/mol. The summed E-state index contributed by atoms with van der Waals surface area (Å²) in [6, 6.07) is 18.6. The molecule has 0 aliphatic carbocycles. The fraction of sp³-hybridized carbons (Fsp3) is 0.381. The van der Waals surface area contributed by atoms with Gasteiger partial charge in [0.2, 0.25) is 5.91 Å². The van der Waals surface area contributed by atoms with Gasteiger partial charge in [0, 0.05) is 19.5 Å². The second-order valence-corrected chi connectivity index (χ2v) is 6.41. The van der Waals surface area contributed by atoms with Gasteiger partial charge >= 0.3 is 0 Å². The van der Waals surface area contributed by atoms with E-state index in [0.29, 0.717) is 12.3 Å². The van der Waals surface area contributed by atoms with E-state index >= 15 is 0 Å². The maximum atomic E-state index is 12.4. The minimum absolute atomic E-state index is 0.275. The third kappa shape index (κ3) is 4.16. The quantitative estimate of drug-likeness (QED) is 0.831. The highest BCUT2D eigenvalue weighted by Crippen LogP contribution is 2.28. The number of benzene rings is 2. The van der Waals surface area contributed by atoms with Crippen LogP contribution in [0.3, 0.4) is 0 Å². The topological polar surface area (TPSA) is 29.5 Å². The molecule has 24 heavy (non-hydrogen) atoms. The van der Waals surface area contributed by atoms with Gasteiger partial charge < -0.3 is 9.64 Å². The van der Waals surface area contributed by atoms with E-state index in [2.05, 4.69) is 30.3 Å². The number of nitrogens with zero attached hydrogens (tertiary/aromatic N) is 1. The number of aryl methyl sites for hydroxylation is 1. The van der Waals surface area contributed by atoms with Crippen LogP contribution in [0.1, 0.15) is 36.3 Å². The van der Waals surface area contributed by atoms with Gasteiger partial charge in [-0.2, -0.15) is 0 Å². The zero-order valence-corrected chi connectivity index (χ0v) is 14.3. The van der Waals surface area contributed by atoms with Crippen molar-refractivity contribution < 1.29 is 9.53 Å². The lowest BCUT2D eigenvalue weighted by atomic mass is 9.89. The van der Waals surface area contributed by atoms with Crippen molar-refractivity contribution in [1.29, 1.82) is 0 Å². The first-order chi connectivity index (χ1) is 11.8. The summed E-state index contributed by atoms with van der Waals surface area (Å²) in [5, 5.41) is 0. The molecule has 0 aromatic heterocycles. The van der Waals surface area contributed by atoms with E-state index in [9.17, 15) is 4.79 Å². The summed E-state index contributed by atoms with van der Waals surface area (Å²) in [6.45, 7) is 1.75. The second kappa shape index (κ2) is 8.00. The summed E-state index contributed by atoms with van der Waals surface area (Å²) in [4.78, 5) is 14.5. The number of hydrogen-bond donors (Lipinski definition) is 0. The van der Waals surface area contributed by atoms with E-state index in [1.165, 1.54) is 11.1 Å². The molecule has 2 aromatic rings. The second-order valence-electron chi connectivity index (χ2n) is 6.41. The van der Waals surface area contributed by atoms with Crippen LogP contribution in [-0.2, 0) is 11.2 Å². The molecule has 0 bridgehead atoms. The number of methoxy groups -OCH3 is 1. The van der Waals surface area contributed by atoms with Gasteiger partial charge in [0.15, 0.2) is 0 Å². The lowest BCUT2D eigenvalue weighted by Crippen LogP contribution is -2.38. The van der Waals surface area contributed by atoms with Crippen molar-refractivity contribution in [3.63, 3.8) is 0 Å². The number of hydrogen-bond acceptors (Lipinski definition) is 2. The minimum atomic E-state index is 0.275. The van der Waals surface area contributed by atoms with E-state index in [4.69, 9.17) is 4.74 Å². The normalized spacial score (nSPS) is 15.3. The first-order valence-corrected chi connectivity index (χ1v) is 8.72. The number of rotatable bonds is 5. The monoisotopic (exact) mass is 323 g/mol. The number of ether oxygens (including phenoxy) is 1. The van der Waals surface area contributed by atoms with Crippen LogP contribution in [0.4, 0.5) is 0 Å². The van der Waals surface area contributed by atoms with E-state index in [0.717, 1.165) is 38.1 Å². The lowest BCUT2D eigenvalue weighted by Gasteiger charge is -2.32. The van der Waals surface area contributed by atoms with Crippen LogP contribution in [0.25, 0.3) is 0 Å². The Bertz CT molecular complexity index is 643. The number of amides is 1. The van der Waals surface area contributed by atoms with Crippen LogP contribution in [-0.4, -0.2) is 31.0 Å². The molecule has 3 rings (SSSR count). The fourth-order valence-electron chi connectivity index (χ4n) is 3.39. The Balaban J connectivity index is 1.46. The molecule has 1 saturated heterocycles. The van der Waals surface area contributed by atoms with Crippen molar-refractivity contribution in [2.75, 3.05) is 20.2 Å². The van der Waals surface area contributed by atoms with Gasteiger partial charge in [0.25, 0.3) is 0 Å².